The number of benzene rings is 1. The van der Waals surface area contributed by atoms with Crippen molar-refractivity contribution in [2.75, 3.05) is 33.4 Å². The highest BCUT2D eigenvalue weighted by Gasteiger charge is 2.47. The van der Waals surface area contributed by atoms with E-state index in [9.17, 15) is 4.79 Å². The van der Waals surface area contributed by atoms with Gasteiger partial charge in [-0.15, -0.1) is 0 Å². The minimum absolute atomic E-state index is 0.0381. The average molecular weight is 303 g/mol. The molecule has 0 saturated carbocycles. The summed E-state index contributed by atoms with van der Waals surface area (Å²) in [5.74, 6) is 0.137. The lowest BCUT2D eigenvalue weighted by Gasteiger charge is -2.50. The number of ether oxygens (including phenoxy) is 2. The number of methoxy groups -OCH3 is 1. The summed E-state index contributed by atoms with van der Waals surface area (Å²) in [4.78, 5) is 14.9. The summed E-state index contributed by atoms with van der Waals surface area (Å²) in [6, 6.07) is 7.82. The number of amides is 1. The van der Waals surface area contributed by atoms with Gasteiger partial charge in [0.2, 0.25) is 0 Å². The largest absolute Gasteiger partial charge is 0.384 e. The van der Waals surface area contributed by atoms with Gasteiger partial charge in [0.05, 0.1) is 12.7 Å². The molecule has 22 heavy (non-hydrogen) atoms. The van der Waals surface area contributed by atoms with E-state index in [-0.39, 0.29) is 17.4 Å². The molecule has 0 bridgehead atoms. The summed E-state index contributed by atoms with van der Waals surface area (Å²) in [7, 11) is 1.74. The molecule has 2 atom stereocenters. The van der Waals surface area contributed by atoms with E-state index in [1.807, 2.05) is 36.1 Å². The number of rotatable bonds is 3. The summed E-state index contributed by atoms with van der Waals surface area (Å²) in [6.45, 7) is 4.99. The van der Waals surface area contributed by atoms with Gasteiger partial charge in [0.15, 0.2) is 0 Å². The summed E-state index contributed by atoms with van der Waals surface area (Å²) in [5, 5.41) is 0. The second kappa shape index (κ2) is 6.39. The van der Waals surface area contributed by atoms with Gasteiger partial charge in [-0.2, -0.15) is 0 Å². The van der Waals surface area contributed by atoms with Crippen molar-refractivity contribution >= 4 is 5.91 Å². The Morgan fingerprint density at radius 2 is 2.27 bits per heavy atom. The Hall–Kier alpha value is -1.39. The van der Waals surface area contributed by atoms with Crippen molar-refractivity contribution in [1.82, 2.24) is 4.90 Å². The van der Waals surface area contributed by atoms with Gasteiger partial charge in [-0.05, 0) is 37.8 Å². The molecule has 0 aliphatic carbocycles. The smallest absolute Gasteiger partial charge is 0.254 e. The first-order chi connectivity index (χ1) is 10.7. The van der Waals surface area contributed by atoms with Crippen molar-refractivity contribution < 1.29 is 14.3 Å². The second-order valence-corrected chi connectivity index (χ2v) is 6.59. The van der Waals surface area contributed by atoms with E-state index >= 15 is 0 Å². The Morgan fingerprint density at radius 3 is 3.05 bits per heavy atom. The van der Waals surface area contributed by atoms with Crippen molar-refractivity contribution in [1.29, 1.82) is 0 Å². The molecule has 120 valence electrons. The molecular formula is C18H25NO3. The molecule has 2 saturated heterocycles. The Bertz CT molecular complexity index is 541. The van der Waals surface area contributed by atoms with E-state index in [4.69, 9.17) is 9.47 Å². The van der Waals surface area contributed by atoms with Crippen LogP contribution in [0.3, 0.4) is 0 Å². The number of carbonyl (C=O) groups is 1. The summed E-state index contributed by atoms with van der Waals surface area (Å²) >= 11 is 0. The van der Waals surface area contributed by atoms with Gasteiger partial charge in [-0.25, -0.2) is 0 Å². The van der Waals surface area contributed by atoms with Crippen LogP contribution in [-0.2, 0) is 9.47 Å². The van der Waals surface area contributed by atoms with E-state index in [1.54, 1.807) is 7.11 Å². The highest BCUT2D eigenvalue weighted by atomic mass is 16.5. The van der Waals surface area contributed by atoms with Crippen LogP contribution in [0.4, 0.5) is 0 Å². The zero-order valence-corrected chi connectivity index (χ0v) is 13.5. The van der Waals surface area contributed by atoms with E-state index in [0.717, 1.165) is 50.1 Å². The maximum Gasteiger partial charge on any atom is 0.254 e. The molecule has 0 spiro atoms. The normalized spacial score (nSPS) is 28.3. The van der Waals surface area contributed by atoms with Crippen molar-refractivity contribution in [3.05, 3.63) is 35.4 Å². The summed E-state index contributed by atoms with van der Waals surface area (Å²) in [6.07, 6.45) is 3.25. The zero-order valence-electron chi connectivity index (χ0n) is 13.5. The van der Waals surface area contributed by atoms with Gasteiger partial charge < -0.3 is 14.4 Å². The molecule has 1 aromatic carbocycles. The number of nitrogens with zero attached hydrogens (tertiary/aromatic N) is 1. The maximum atomic E-state index is 12.9. The number of hydrogen-bond acceptors (Lipinski definition) is 3. The molecule has 2 heterocycles. The van der Waals surface area contributed by atoms with Crippen molar-refractivity contribution in [3.63, 3.8) is 0 Å². The first kappa shape index (κ1) is 15.5. The van der Waals surface area contributed by atoms with Gasteiger partial charge in [-0.3, -0.25) is 4.79 Å². The van der Waals surface area contributed by atoms with E-state index in [0.29, 0.717) is 6.61 Å². The van der Waals surface area contributed by atoms with Gasteiger partial charge in [-0.1, -0.05) is 18.2 Å². The molecule has 0 unspecified atom stereocenters. The molecule has 0 N–H and O–H groups in total. The van der Waals surface area contributed by atoms with Gasteiger partial charge in [0.1, 0.15) is 0 Å². The number of piperidine rings is 1. The average Bonchev–Trinajstić information content (AvgIpc) is 2.54. The first-order valence-electron chi connectivity index (χ1n) is 8.12. The Labute approximate surface area is 132 Å². The lowest BCUT2D eigenvalue weighted by Crippen LogP contribution is -2.58. The van der Waals surface area contributed by atoms with Crippen LogP contribution >= 0.6 is 0 Å². The fourth-order valence-electron chi connectivity index (χ4n) is 3.95. The van der Waals surface area contributed by atoms with Gasteiger partial charge >= 0.3 is 0 Å². The van der Waals surface area contributed by atoms with Crippen LogP contribution in [0.1, 0.15) is 35.2 Å². The molecule has 2 aliphatic rings. The lowest BCUT2D eigenvalue weighted by molar-refractivity contribution is -0.142. The topological polar surface area (TPSA) is 38.8 Å². The first-order valence-corrected chi connectivity index (χ1v) is 8.12. The summed E-state index contributed by atoms with van der Waals surface area (Å²) in [5.41, 5.74) is 1.81. The van der Waals surface area contributed by atoms with Crippen LogP contribution in [0.5, 0.6) is 0 Å². The third-order valence-electron chi connectivity index (χ3n) is 5.08. The molecule has 0 radical (unpaired) electrons. The molecule has 1 amide bonds. The lowest BCUT2D eigenvalue weighted by atomic mass is 9.73. The Morgan fingerprint density at radius 1 is 1.45 bits per heavy atom. The van der Waals surface area contributed by atoms with E-state index in [2.05, 4.69) is 0 Å². The molecular weight excluding hydrogens is 278 g/mol. The molecule has 2 aliphatic heterocycles. The van der Waals surface area contributed by atoms with Crippen molar-refractivity contribution in [3.8, 4) is 0 Å². The molecule has 2 fully saturated rings. The summed E-state index contributed by atoms with van der Waals surface area (Å²) < 4.78 is 11.5. The van der Waals surface area contributed by atoms with Crippen LogP contribution in [0.15, 0.2) is 24.3 Å². The van der Waals surface area contributed by atoms with Crippen LogP contribution in [0.25, 0.3) is 0 Å². The number of hydrogen-bond donors (Lipinski definition) is 0. The van der Waals surface area contributed by atoms with Crippen LogP contribution < -0.4 is 0 Å². The highest BCUT2D eigenvalue weighted by Crippen LogP contribution is 2.40. The third kappa shape index (κ3) is 2.77. The molecule has 0 aromatic heterocycles. The molecule has 3 rings (SSSR count). The zero-order chi connectivity index (χ0) is 15.6. The SMILES string of the molecule is COC[C@@]12CCCO[C@@H]1CCN(C(=O)c1ccccc1C)C2. The quantitative estimate of drug-likeness (QED) is 0.861. The Balaban J connectivity index is 1.81. The van der Waals surface area contributed by atoms with Crippen LogP contribution in [0.2, 0.25) is 0 Å². The number of carbonyl (C=O) groups excluding carboxylic acids is 1. The molecule has 4 heteroatoms. The maximum absolute atomic E-state index is 12.9. The standard InChI is InChI=1S/C18H25NO3/c1-14-6-3-4-7-15(14)17(20)19-10-8-16-18(12-19,13-21-2)9-5-11-22-16/h3-4,6-7,16H,5,8-13H2,1-2H3/t16-,18+/m1/s1. The van der Waals surface area contributed by atoms with Crippen molar-refractivity contribution in [2.24, 2.45) is 5.41 Å². The van der Waals surface area contributed by atoms with Gasteiger partial charge in [0, 0.05) is 37.8 Å². The Kier molecular flexibility index (Phi) is 4.50. The number of aryl methyl sites for hydroxylation is 1. The minimum Gasteiger partial charge on any atom is -0.384 e. The third-order valence-corrected chi connectivity index (χ3v) is 5.08. The van der Waals surface area contributed by atoms with Gasteiger partial charge in [0.25, 0.3) is 5.91 Å². The second-order valence-electron chi connectivity index (χ2n) is 6.59. The van der Waals surface area contributed by atoms with Crippen molar-refractivity contribution in [2.45, 2.75) is 32.3 Å². The predicted molar refractivity (Wildman–Crippen MR) is 85.0 cm³/mol. The number of fused-ring (bicyclic) bond motifs is 1. The molecule has 4 nitrogen and oxygen atoms in total. The van der Waals surface area contributed by atoms with Crippen LogP contribution in [-0.4, -0.2) is 50.3 Å². The number of likely N-dealkylation sites (tertiary alicyclic amines) is 1. The minimum atomic E-state index is -0.0381. The monoisotopic (exact) mass is 303 g/mol. The van der Waals surface area contributed by atoms with Crippen LogP contribution in [0, 0.1) is 12.3 Å². The predicted octanol–water partition coefficient (Wildman–Crippen LogP) is 2.65. The van der Waals surface area contributed by atoms with E-state index in [1.165, 1.54) is 0 Å². The highest BCUT2D eigenvalue weighted by molar-refractivity contribution is 5.95. The fourth-order valence-corrected chi connectivity index (χ4v) is 3.95. The van der Waals surface area contributed by atoms with E-state index < -0.39 is 0 Å². The molecule has 1 aromatic rings. The fraction of sp³-hybridized carbons (Fsp3) is 0.611.